The number of piperidine rings is 1. The fraction of sp³-hybridized carbons (Fsp3) is 0.381. The minimum atomic E-state index is -0.601. The summed E-state index contributed by atoms with van der Waals surface area (Å²) in [4.78, 5) is 56.1. The van der Waals surface area contributed by atoms with Crippen molar-refractivity contribution in [1.29, 1.82) is 0 Å². The second-order valence-corrected chi connectivity index (χ2v) is 7.90. The predicted molar refractivity (Wildman–Crippen MR) is 114 cm³/mol. The van der Waals surface area contributed by atoms with Gasteiger partial charge in [0.2, 0.25) is 5.91 Å². The molecule has 0 atom stereocenters. The number of aryl methyl sites for hydroxylation is 2. The highest BCUT2D eigenvalue weighted by molar-refractivity contribution is 5.94. The van der Waals surface area contributed by atoms with Crippen LogP contribution in [0.2, 0.25) is 0 Å². The Labute approximate surface area is 181 Å². The molecule has 11 heteroatoms. The minimum Gasteiger partial charge on any atom is -0.349 e. The number of rotatable bonds is 4. The quantitative estimate of drug-likeness (QED) is 0.611. The van der Waals surface area contributed by atoms with E-state index >= 15 is 0 Å². The van der Waals surface area contributed by atoms with E-state index in [0.29, 0.717) is 31.5 Å². The van der Waals surface area contributed by atoms with Crippen LogP contribution in [-0.4, -0.2) is 54.5 Å². The van der Waals surface area contributed by atoms with E-state index in [4.69, 9.17) is 0 Å². The van der Waals surface area contributed by atoms with Crippen molar-refractivity contribution in [1.82, 2.24) is 28.9 Å². The maximum atomic E-state index is 13.0. The smallest absolute Gasteiger partial charge is 0.332 e. The van der Waals surface area contributed by atoms with Gasteiger partial charge in [0.15, 0.2) is 11.2 Å². The highest BCUT2D eigenvalue weighted by Crippen LogP contribution is 2.12. The number of halogens is 1. The van der Waals surface area contributed by atoms with E-state index in [1.807, 2.05) is 0 Å². The third kappa shape index (κ3) is 3.93. The van der Waals surface area contributed by atoms with Crippen molar-refractivity contribution in [2.75, 3.05) is 13.1 Å². The number of nitrogens with zero attached hydrogens (tertiary/aromatic N) is 5. The summed E-state index contributed by atoms with van der Waals surface area (Å²) in [6, 6.07) is 5.16. The standard InChI is InChI=1S/C21H23FN6O4/c1-25-12-23-18-17(25)20(31)28(21(32)26(18)2)11-16(29)27-9-7-15(8-10-27)24-19(30)13-3-5-14(22)6-4-13/h3-6,12,15H,7-11H2,1-2H3,(H,24,30). The number of hydrogen-bond donors (Lipinski definition) is 1. The number of likely N-dealkylation sites (tertiary alicyclic amines) is 1. The van der Waals surface area contributed by atoms with Gasteiger partial charge in [-0.15, -0.1) is 0 Å². The van der Waals surface area contributed by atoms with E-state index in [9.17, 15) is 23.6 Å². The summed E-state index contributed by atoms with van der Waals surface area (Å²) >= 11 is 0. The Morgan fingerprint density at radius 1 is 1.12 bits per heavy atom. The Morgan fingerprint density at radius 3 is 2.44 bits per heavy atom. The lowest BCUT2D eigenvalue weighted by Crippen LogP contribution is -2.49. The van der Waals surface area contributed by atoms with Gasteiger partial charge in [0.05, 0.1) is 6.33 Å². The average molecular weight is 442 g/mol. The summed E-state index contributed by atoms with van der Waals surface area (Å²) in [5.74, 6) is -1.05. The van der Waals surface area contributed by atoms with Crippen LogP contribution in [0.5, 0.6) is 0 Å². The van der Waals surface area contributed by atoms with E-state index in [-0.39, 0.29) is 35.6 Å². The highest BCUT2D eigenvalue weighted by Gasteiger charge is 2.26. The average Bonchev–Trinajstić information content (AvgIpc) is 3.17. The molecule has 0 saturated carbocycles. The molecule has 4 rings (SSSR count). The number of nitrogens with one attached hydrogen (secondary N) is 1. The van der Waals surface area contributed by atoms with Gasteiger partial charge in [-0.3, -0.25) is 19.0 Å². The lowest BCUT2D eigenvalue weighted by molar-refractivity contribution is -0.133. The van der Waals surface area contributed by atoms with Crippen molar-refractivity contribution in [2.24, 2.45) is 14.1 Å². The molecule has 0 radical (unpaired) electrons. The van der Waals surface area contributed by atoms with Crippen molar-refractivity contribution in [2.45, 2.75) is 25.4 Å². The molecule has 1 aliphatic rings. The summed E-state index contributed by atoms with van der Waals surface area (Å²) in [6.45, 7) is 0.408. The van der Waals surface area contributed by atoms with Gasteiger partial charge in [0.25, 0.3) is 11.5 Å². The molecule has 0 aliphatic carbocycles. The number of carbonyl (C=O) groups excluding carboxylic acids is 2. The van der Waals surface area contributed by atoms with E-state index in [1.54, 1.807) is 11.9 Å². The lowest BCUT2D eigenvalue weighted by Gasteiger charge is -2.32. The van der Waals surface area contributed by atoms with E-state index < -0.39 is 17.1 Å². The van der Waals surface area contributed by atoms with Gasteiger partial charge in [0, 0.05) is 38.8 Å². The Balaban J connectivity index is 1.41. The van der Waals surface area contributed by atoms with E-state index in [2.05, 4.69) is 10.3 Å². The van der Waals surface area contributed by atoms with Crippen molar-refractivity contribution in [3.8, 4) is 0 Å². The van der Waals surface area contributed by atoms with Crippen molar-refractivity contribution in [3.05, 3.63) is 62.8 Å². The fourth-order valence-corrected chi connectivity index (χ4v) is 3.91. The van der Waals surface area contributed by atoms with Gasteiger partial charge < -0.3 is 14.8 Å². The Kier molecular flexibility index (Phi) is 5.64. The molecule has 3 aromatic rings. The summed E-state index contributed by atoms with van der Waals surface area (Å²) in [6.07, 6.45) is 2.52. The van der Waals surface area contributed by atoms with Crippen LogP contribution in [0.25, 0.3) is 11.2 Å². The maximum Gasteiger partial charge on any atom is 0.332 e. The summed E-state index contributed by atoms with van der Waals surface area (Å²) in [7, 11) is 3.16. The molecule has 0 unspecified atom stereocenters. The normalized spacial score (nSPS) is 14.7. The maximum absolute atomic E-state index is 13.0. The lowest BCUT2D eigenvalue weighted by atomic mass is 10.0. The van der Waals surface area contributed by atoms with Crippen LogP contribution in [0, 0.1) is 5.82 Å². The van der Waals surface area contributed by atoms with Crippen LogP contribution >= 0.6 is 0 Å². The molecule has 1 fully saturated rings. The molecular formula is C21H23FN6O4. The van der Waals surface area contributed by atoms with Crippen LogP contribution in [0.3, 0.4) is 0 Å². The molecule has 1 saturated heterocycles. The molecule has 168 valence electrons. The fourth-order valence-electron chi connectivity index (χ4n) is 3.91. The number of carbonyl (C=O) groups is 2. The zero-order valence-electron chi connectivity index (χ0n) is 17.7. The molecule has 2 aromatic heterocycles. The molecule has 32 heavy (non-hydrogen) atoms. The molecule has 0 bridgehead atoms. The molecular weight excluding hydrogens is 419 g/mol. The Morgan fingerprint density at radius 2 is 1.78 bits per heavy atom. The van der Waals surface area contributed by atoms with Gasteiger partial charge in [0.1, 0.15) is 12.4 Å². The van der Waals surface area contributed by atoms with Gasteiger partial charge in [-0.25, -0.2) is 18.7 Å². The first-order valence-electron chi connectivity index (χ1n) is 10.2. The van der Waals surface area contributed by atoms with Crippen LogP contribution < -0.4 is 16.6 Å². The first-order valence-corrected chi connectivity index (χ1v) is 10.2. The van der Waals surface area contributed by atoms with Crippen LogP contribution in [0.1, 0.15) is 23.2 Å². The number of fused-ring (bicyclic) bond motifs is 1. The predicted octanol–water partition coefficient (Wildman–Crippen LogP) is -0.00620. The monoisotopic (exact) mass is 442 g/mol. The highest BCUT2D eigenvalue weighted by atomic mass is 19.1. The largest absolute Gasteiger partial charge is 0.349 e. The van der Waals surface area contributed by atoms with Crippen molar-refractivity contribution >= 4 is 23.0 Å². The van der Waals surface area contributed by atoms with Crippen LogP contribution in [0.4, 0.5) is 4.39 Å². The van der Waals surface area contributed by atoms with E-state index in [1.165, 1.54) is 46.8 Å². The molecule has 0 spiro atoms. The number of aromatic nitrogens is 4. The van der Waals surface area contributed by atoms with Gasteiger partial charge >= 0.3 is 5.69 Å². The van der Waals surface area contributed by atoms with E-state index in [0.717, 1.165) is 4.57 Å². The SMILES string of the molecule is Cn1cnc2c1c(=O)n(CC(=O)N1CCC(NC(=O)c3ccc(F)cc3)CC1)c(=O)n2C. The van der Waals surface area contributed by atoms with Crippen LogP contribution in [-0.2, 0) is 25.4 Å². The van der Waals surface area contributed by atoms with Gasteiger partial charge in [-0.05, 0) is 37.1 Å². The van der Waals surface area contributed by atoms with Crippen molar-refractivity contribution < 1.29 is 14.0 Å². The Hall–Kier alpha value is -3.76. The Bertz CT molecular complexity index is 1300. The molecule has 1 aliphatic heterocycles. The molecule has 3 heterocycles. The molecule has 1 N–H and O–H groups in total. The zero-order chi connectivity index (χ0) is 23.0. The molecule has 10 nitrogen and oxygen atoms in total. The third-order valence-corrected chi connectivity index (χ3v) is 5.78. The number of hydrogen-bond acceptors (Lipinski definition) is 5. The van der Waals surface area contributed by atoms with Gasteiger partial charge in [-0.1, -0.05) is 0 Å². The van der Waals surface area contributed by atoms with Crippen molar-refractivity contribution in [3.63, 3.8) is 0 Å². The number of benzene rings is 1. The van der Waals surface area contributed by atoms with Gasteiger partial charge in [-0.2, -0.15) is 0 Å². The second-order valence-electron chi connectivity index (χ2n) is 7.90. The summed E-state index contributed by atoms with van der Waals surface area (Å²) < 4.78 is 16.7. The number of amides is 2. The molecule has 2 amide bonds. The summed E-state index contributed by atoms with van der Waals surface area (Å²) in [5.41, 5.74) is -0.273. The van der Waals surface area contributed by atoms with Crippen LogP contribution in [0.15, 0.2) is 40.2 Å². The zero-order valence-corrected chi connectivity index (χ0v) is 17.7. The first-order chi connectivity index (χ1) is 15.3. The molecule has 1 aromatic carbocycles. The minimum absolute atomic E-state index is 0.127. The number of imidazole rings is 1. The topological polar surface area (TPSA) is 111 Å². The second kappa shape index (κ2) is 8.40. The first kappa shape index (κ1) is 21.5. The third-order valence-electron chi connectivity index (χ3n) is 5.78. The summed E-state index contributed by atoms with van der Waals surface area (Å²) in [5, 5.41) is 2.90.